The first-order valence-electron chi connectivity index (χ1n) is 6.69. The molecular formula is C15H14ClN5O. The van der Waals surface area contributed by atoms with Gasteiger partial charge in [-0.05, 0) is 24.6 Å². The Hall–Kier alpha value is -2.31. The molecule has 1 amide bonds. The molecule has 4 N–H and O–H groups in total. The first-order chi connectivity index (χ1) is 10.5. The maximum absolute atomic E-state index is 11.7. The van der Waals surface area contributed by atoms with Crippen molar-refractivity contribution >= 4 is 23.1 Å². The number of pyridine rings is 2. The summed E-state index contributed by atoms with van der Waals surface area (Å²) in [4.78, 5) is 24.5. The fourth-order valence-electron chi connectivity index (χ4n) is 2.57. The Morgan fingerprint density at radius 3 is 2.86 bits per heavy atom. The zero-order valence-electron chi connectivity index (χ0n) is 11.8. The number of primary amides is 1. The van der Waals surface area contributed by atoms with Crippen molar-refractivity contribution in [3.05, 3.63) is 57.6 Å². The summed E-state index contributed by atoms with van der Waals surface area (Å²) < 4.78 is 0. The quantitative estimate of drug-likeness (QED) is 0.775. The largest absolute Gasteiger partial charge is 0.368 e. The van der Waals surface area contributed by atoms with Gasteiger partial charge in [0.25, 0.3) is 0 Å². The van der Waals surface area contributed by atoms with E-state index in [0.717, 1.165) is 11.1 Å². The normalized spacial score (nSPS) is 20.2. The molecule has 3 rings (SSSR count). The van der Waals surface area contributed by atoms with Crippen LogP contribution in [0.5, 0.6) is 0 Å². The average Bonchev–Trinajstić information content (AvgIpc) is 2.50. The van der Waals surface area contributed by atoms with E-state index in [0.29, 0.717) is 21.3 Å². The van der Waals surface area contributed by atoms with Gasteiger partial charge >= 0.3 is 0 Å². The van der Waals surface area contributed by atoms with Gasteiger partial charge in [0, 0.05) is 29.7 Å². The van der Waals surface area contributed by atoms with Crippen LogP contribution in [0.4, 0.5) is 0 Å². The molecule has 0 radical (unpaired) electrons. The third kappa shape index (κ3) is 2.26. The van der Waals surface area contributed by atoms with Crippen molar-refractivity contribution in [1.29, 1.82) is 0 Å². The van der Waals surface area contributed by atoms with Crippen LogP contribution in [0.1, 0.15) is 11.1 Å². The molecule has 0 bridgehead atoms. The summed E-state index contributed by atoms with van der Waals surface area (Å²) in [5.74, 6) is -0.577. The van der Waals surface area contributed by atoms with Crippen LogP contribution in [-0.2, 0) is 4.79 Å². The number of fused-ring (bicyclic) bond motifs is 1. The van der Waals surface area contributed by atoms with E-state index in [1.165, 1.54) is 0 Å². The van der Waals surface area contributed by atoms with Crippen LogP contribution in [0.3, 0.4) is 0 Å². The minimum atomic E-state index is -0.843. The lowest BCUT2D eigenvalue weighted by molar-refractivity contribution is -0.119. The number of nitrogens with zero attached hydrogens (tertiary/aromatic N) is 3. The van der Waals surface area contributed by atoms with Crippen LogP contribution in [-0.4, -0.2) is 28.0 Å². The minimum Gasteiger partial charge on any atom is -0.368 e. The molecule has 22 heavy (non-hydrogen) atoms. The molecular weight excluding hydrogens is 302 g/mol. The number of aromatic nitrogens is 2. The molecule has 112 valence electrons. The highest BCUT2D eigenvalue weighted by molar-refractivity contribution is 6.31. The molecule has 0 spiro atoms. The lowest BCUT2D eigenvalue weighted by atomic mass is 9.90. The Bertz CT molecular complexity index is 880. The molecule has 1 unspecified atom stereocenters. The molecule has 0 saturated heterocycles. The van der Waals surface area contributed by atoms with Crippen molar-refractivity contribution in [3.63, 3.8) is 0 Å². The fraction of sp³-hybridized carbons (Fsp3) is 0.200. The first-order valence-corrected chi connectivity index (χ1v) is 7.07. The van der Waals surface area contributed by atoms with E-state index in [-0.39, 0.29) is 0 Å². The number of carbonyl (C=O) groups excluding carboxylic acids is 1. The SMILES string of the molecule is Cc1c(Cl)cncc1C1=c2ncccc2=NC(C(N)=O)[C@H]1N. The molecule has 0 aliphatic carbocycles. The Morgan fingerprint density at radius 2 is 2.14 bits per heavy atom. The van der Waals surface area contributed by atoms with Crippen LogP contribution >= 0.6 is 11.6 Å². The van der Waals surface area contributed by atoms with Crippen LogP contribution in [0.15, 0.2) is 35.7 Å². The van der Waals surface area contributed by atoms with E-state index < -0.39 is 18.0 Å². The van der Waals surface area contributed by atoms with E-state index in [4.69, 9.17) is 23.1 Å². The van der Waals surface area contributed by atoms with Crippen LogP contribution in [0, 0.1) is 6.92 Å². The van der Waals surface area contributed by atoms with Crippen molar-refractivity contribution in [3.8, 4) is 0 Å². The van der Waals surface area contributed by atoms with E-state index >= 15 is 0 Å². The van der Waals surface area contributed by atoms with Gasteiger partial charge in [0.1, 0.15) is 6.04 Å². The number of hydrogen-bond acceptors (Lipinski definition) is 5. The van der Waals surface area contributed by atoms with Crippen molar-refractivity contribution in [2.24, 2.45) is 16.5 Å². The average molecular weight is 316 g/mol. The van der Waals surface area contributed by atoms with Crippen LogP contribution < -0.4 is 22.2 Å². The molecule has 7 heteroatoms. The summed E-state index contributed by atoms with van der Waals surface area (Å²) in [6, 6.07) is 1.99. The van der Waals surface area contributed by atoms with Crippen molar-refractivity contribution in [2.75, 3.05) is 0 Å². The van der Waals surface area contributed by atoms with Gasteiger partial charge in [0.05, 0.1) is 21.8 Å². The number of rotatable bonds is 2. The highest BCUT2D eigenvalue weighted by atomic mass is 35.5. The van der Waals surface area contributed by atoms with Gasteiger partial charge in [-0.1, -0.05) is 11.6 Å². The molecule has 1 aliphatic heterocycles. The van der Waals surface area contributed by atoms with Gasteiger partial charge in [0.15, 0.2) is 0 Å². The first kappa shape index (κ1) is 14.6. The fourth-order valence-corrected chi connectivity index (χ4v) is 2.73. The number of nitrogens with two attached hydrogens (primary N) is 2. The van der Waals surface area contributed by atoms with Gasteiger partial charge in [-0.3, -0.25) is 19.8 Å². The minimum absolute atomic E-state index is 0.521. The van der Waals surface area contributed by atoms with Gasteiger partial charge in [-0.15, -0.1) is 0 Å². The molecule has 0 fully saturated rings. The molecule has 2 aromatic rings. The van der Waals surface area contributed by atoms with E-state index in [2.05, 4.69) is 15.0 Å². The summed E-state index contributed by atoms with van der Waals surface area (Å²) >= 11 is 6.15. The van der Waals surface area contributed by atoms with Crippen LogP contribution in [0.25, 0.3) is 5.57 Å². The second kappa shape index (κ2) is 5.47. The molecule has 2 aromatic heterocycles. The predicted molar refractivity (Wildman–Crippen MR) is 82.5 cm³/mol. The summed E-state index contributed by atoms with van der Waals surface area (Å²) in [7, 11) is 0. The Kier molecular flexibility index (Phi) is 3.64. The highest BCUT2D eigenvalue weighted by Gasteiger charge is 2.31. The third-order valence-electron chi connectivity index (χ3n) is 3.73. The monoisotopic (exact) mass is 315 g/mol. The number of carbonyl (C=O) groups is 1. The molecule has 1 aliphatic rings. The predicted octanol–water partition coefficient (Wildman–Crippen LogP) is -0.548. The highest BCUT2D eigenvalue weighted by Crippen LogP contribution is 2.25. The van der Waals surface area contributed by atoms with E-state index in [1.807, 2.05) is 6.92 Å². The number of hydrogen-bond donors (Lipinski definition) is 2. The second-order valence-corrected chi connectivity index (χ2v) is 5.49. The lowest BCUT2D eigenvalue weighted by Gasteiger charge is -2.25. The van der Waals surface area contributed by atoms with Crippen LogP contribution in [0.2, 0.25) is 5.02 Å². The standard InChI is InChI=1S/C15H14ClN5O/c1-7-8(5-19-6-9(7)16)11-12(17)14(15(18)22)21-10-3-2-4-20-13(10)11/h2-6,12,14H,17H2,1H3,(H2,18,22)/t12-,14?/m0/s1. The molecule has 3 heterocycles. The zero-order chi connectivity index (χ0) is 15.9. The topological polar surface area (TPSA) is 107 Å². The van der Waals surface area contributed by atoms with Gasteiger partial charge in [0.2, 0.25) is 5.91 Å². The van der Waals surface area contributed by atoms with Gasteiger partial charge in [-0.2, -0.15) is 0 Å². The molecule has 2 atom stereocenters. The smallest absolute Gasteiger partial charge is 0.244 e. The molecule has 0 saturated carbocycles. The summed E-state index contributed by atoms with van der Waals surface area (Å²) in [5, 5.41) is 1.73. The van der Waals surface area contributed by atoms with E-state index in [1.54, 1.807) is 30.7 Å². The van der Waals surface area contributed by atoms with Crippen molar-refractivity contribution < 1.29 is 4.79 Å². The van der Waals surface area contributed by atoms with Crippen molar-refractivity contribution in [1.82, 2.24) is 9.97 Å². The number of halogens is 1. The second-order valence-electron chi connectivity index (χ2n) is 5.08. The third-order valence-corrected chi connectivity index (χ3v) is 4.11. The van der Waals surface area contributed by atoms with Gasteiger partial charge in [-0.25, -0.2) is 0 Å². The Morgan fingerprint density at radius 1 is 1.36 bits per heavy atom. The number of amides is 1. The summed E-state index contributed by atoms with van der Waals surface area (Å²) in [6.45, 7) is 1.87. The zero-order valence-corrected chi connectivity index (χ0v) is 12.6. The maximum Gasteiger partial charge on any atom is 0.244 e. The molecule has 6 nitrogen and oxygen atoms in total. The summed E-state index contributed by atoms with van der Waals surface area (Å²) in [5.41, 5.74) is 13.9. The lowest BCUT2D eigenvalue weighted by Crippen LogP contribution is -2.52. The van der Waals surface area contributed by atoms with Gasteiger partial charge < -0.3 is 11.5 Å². The summed E-state index contributed by atoms with van der Waals surface area (Å²) in [6.07, 6.45) is 4.88. The molecule has 0 aromatic carbocycles. The maximum atomic E-state index is 11.7. The Labute approximate surface area is 131 Å². The Balaban J connectivity index is 2.39. The van der Waals surface area contributed by atoms with Crippen molar-refractivity contribution in [2.45, 2.75) is 19.0 Å². The van der Waals surface area contributed by atoms with E-state index in [9.17, 15) is 4.79 Å².